The molecule has 0 saturated heterocycles. The van der Waals surface area contributed by atoms with Gasteiger partial charge in [-0.1, -0.05) is 18.2 Å². The van der Waals surface area contributed by atoms with Gasteiger partial charge in [0.05, 0.1) is 25.6 Å². The predicted octanol–water partition coefficient (Wildman–Crippen LogP) is 0.857. The minimum atomic E-state index is -0.855. The number of hydrogen-bond donors (Lipinski definition) is 2. The Kier molecular flexibility index (Phi) is 5.81. The molecule has 0 aliphatic carbocycles. The van der Waals surface area contributed by atoms with Crippen molar-refractivity contribution >= 4 is 18.0 Å². The van der Waals surface area contributed by atoms with Gasteiger partial charge in [-0.15, -0.1) is 0 Å². The number of nitrogens with zero attached hydrogens (tertiary/aromatic N) is 2. The number of pyridine rings is 1. The molecule has 1 aromatic heterocycles. The highest BCUT2D eigenvalue weighted by Crippen LogP contribution is 2.14. The molecule has 2 N–H and O–H groups in total. The average Bonchev–Trinajstić information content (AvgIpc) is 2.60. The maximum Gasteiger partial charge on any atom is 0.329 e. The Balaban J connectivity index is 1.84. The Labute approximate surface area is 133 Å². The van der Waals surface area contributed by atoms with Crippen LogP contribution in [0, 0.1) is 0 Å². The minimum Gasteiger partial charge on any atom is -0.496 e. The second-order valence-corrected chi connectivity index (χ2v) is 4.44. The van der Waals surface area contributed by atoms with E-state index in [1.807, 2.05) is 12.1 Å². The van der Waals surface area contributed by atoms with Crippen molar-refractivity contribution in [2.45, 2.75) is 6.54 Å². The average molecular weight is 312 g/mol. The van der Waals surface area contributed by atoms with Crippen molar-refractivity contribution in [2.24, 2.45) is 5.10 Å². The first-order valence-corrected chi connectivity index (χ1v) is 6.85. The number of rotatable bonds is 5. The van der Waals surface area contributed by atoms with E-state index >= 15 is 0 Å². The molecule has 0 aliphatic heterocycles. The summed E-state index contributed by atoms with van der Waals surface area (Å²) in [6, 6.07) is 12.5. The predicted molar refractivity (Wildman–Crippen MR) is 84.8 cm³/mol. The molecule has 7 nitrogen and oxygen atoms in total. The van der Waals surface area contributed by atoms with E-state index in [0.717, 1.165) is 0 Å². The summed E-state index contributed by atoms with van der Waals surface area (Å²) in [6.45, 7) is 0.170. The maximum atomic E-state index is 11.6. The lowest BCUT2D eigenvalue weighted by atomic mass is 10.2. The normalized spacial score (nSPS) is 10.3. The summed E-state index contributed by atoms with van der Waals surface area (Å²) < 4.78 is 5.15. The fraction of sp³-hybridized carbons (Fsp3) is 0.125. The molecule has 0 saturated carbocycles. The van der Waals surface area contributed by atoms with Gasteiger partial charge in [-0.05, 0) is 24.3 Å². The van der Waals surface area contributed by atoms with Gasteiger partial charge in [-0.2, -0.15) is 5.10 Å². The van der Waals surface area contributed by atoms with Crippen LogP contribution in [0.5, 0.6) is 5.75 Å². The molecule has 0 unspecified atom stereocenters. The first-order valence-electron chi connectivity index (χ1n) is 6.85. The van der Waals surface area contributed by atoms with Crippen LogP contribution >= 0.6 is 0 Å². The fourth-order valence-electron chi connectivity index (χ4n) is 1.74. The van der Waals surface area contributed by atoms with Crippen molar-refractivity contribution in [3.05, 3.63) is 59.9 Å². The first kappa shape index (κ1) is 16.2. The molecule has 0 bridgehead atoms. The minimum absolute atomic E-state index is 0.170. The van der Waals surface area contributed by atoms with E-state index in [1.54, 1.807) is 36.5 Å². The molecule has 2 aromatic rings. The number of carbonyl (C=O) groups is 2. The molecule has 0 radical (unpaired) electrons. The molecule has 0 atom stereocenters. The van der Waals surface area contributed by atoms with Gasteiger partial charge in [0, 0.05) is 11.8 Å². The Morgan fingerprint density at radius 2 is 1.96 bits per heavy atom. The number of benzene rings is 1. The first-order chi connectivity index (χ1) is 11.2. The summed E-state index contributed by atoms with van der Waals surface area (Å²) in [4.78, 5) is 27.3. The van der Waals surface area contributed by atoms with Crippen molar-refractivity contribution in [1.82, 2.24) is 15.7 Å². The second-order valence-electron chi connectivity index (χ2n) is 4.44. The zero-order valence-corrected chi connectivity index (χ0v) is 12.5. The van der Waals surface area contributed by atoms with E-state index in [0.29, 0.717) is 17.0 Å². The van der Waals surface area contributed by atoms with Gasteiger partial charge in [0.2, 0.25) is 0 Å². The van der Waals surface area contributed by atoms with Crippen LogP contribution in [0.25, 0.3) is 0 Å². The lowest BCUT2D eigenvalue weighted by Gasteiger charge is -2.04. The van der Waals surface area contributed by atoms with Crippen LogP contribution in [0.1, 0.15) is 11.3 Å². The topological polar surface area (TPSA) is 92.7 Å². The van der Waals surface area contributed by atoms with Gasteiger partial charge >= 0.3 is 11.8 Å². The van der Waals surface area contributed by atoms with E-state index in [9.17, 15) is 9.59 Å². The zero-order chi connectivity index (χ0) is 16.5. The fourth-order valence-corrected chi connectivity index (χ4v) is 1.74. The Hall–Kier alpha value is -3.22. The van der Waals surface area contributed by atoms with Gasteiger partial charge in [0.25, 0.3) is 0 Å². The number of hydrazone groups is 1. The van der Waals surface area contributed by atoms with Crippen LogP contribution in [-0.2, 0) is 16.1 Å². The van der Waals surface area contributed by atoms with Crippen molar-refractivity contribution in [1.29, 1.82) is 0 Å². The molecule has 2 amide bonds. The number of aromatic nitrogens is 1. The molecular weight excluding hydrogens is 296 g/mol. The van der Waals surface area contributed by atoms with Gasteiger partial charge in [0.15, 0.2) is 0 Å². The van der Waals surface area contributed by atoms with E-state index in [4.69, 9.17) is 4.74 Å². The second kappa shape index (κ2) is 8.28. The lowest BCUT2D eigenvalue weighted by molar-refractivity contribution is -0.139. The molecule has 7 heteroatoms. The van der Waals surface area contributed by atoms with Crippen LogP contribution in [0.2, 0.25) is 0 Å². The van der Waals surface area contributed by atoms with Crippen molar-refractivity contribution in [3.8, 4) is 5.75 Å². The SMILES string of the molecule is COc1ccccc1/C=N/NC(=O)C(=O)NCc1ccccn1. The molecule has 118 valence electrons. The molecule has 23 heavy (non-hydrogen) atoms. The van der Waals surface area contributed by atoms with Gasteiger partial charge < -0.3 is 10.1 Å². The number of carbonyl (C=O) groups excluding carboxylic acids is 2. The molecule has 0 aliphatic rings. The Morgan fingerprint density at radius 3 is 2.70 bits per heavy atom. The van der Waals surface area contributed by atoms with E-state index in [1.165, 1.54) is 13.3 Å². The van der Waals surface area contributed by atoms with Gasteiger partial charge in [-0.3, -0.25) is 14.6 Å². The van der Waals surface area contributed by atoms with E-state index in [-0.39, 0.29) is 6.54 Å². The highest BCUT2D eigenvalue weighted by atomic mass is 16.5. The van der Waals surface area contributed by atoms with Gasteiger partial charge in [-0.25, -0.2) is 5.43 Å². The Bertz CT molecular complexity index is 701. The maximum absolute atomic E-state index is 11.6. The van der Waals surface area contributed by atoms with Crippen molar-refractivity contribution in [3.63, 3.8) is 0 Å². The summed E-state index contributed by atoms with van der Waals surface area (Å²) in [5.41, 5.74) is 3.50. The molecule has 2 rings (SSSR count). The van der Waals surface area contributed by atoms with Crippen LogP contribution < -0.4 is 15.5 Å². The third kappa shape index (κ3) is 4.92. The summed E-state index contributed by atoms with van der Waals surface area (Å²) in [6.07, 6.45) is 3.02. The molecular formula is C16H16N4O3. The number of ether oxygens (including phenoxy) is 1. The number of nitrogens with one attached hydrogen (secondary N) is 2. The largest absolute Gasteiger partial charge is 0.496 e. The van der Waals surface area contributed by atoms with Crippen molar-refractivity contribution in [2.75, 3.05) is 7.11 Å². The standard InChI is InChI=1S/C16H16N4O3/c1-23-14-8-3-2-6-12(14)10-19-20-16(22)15(21)18-11-13-7-4-5-9-17-13/h2-10H,11H2,1H3,(H,18,21)(H,20,22)/b19-10+. The number of hydrogen-bond acceptors (Lipinski definition) is 5. The number of para-hydroxylation sites is 1. The lowest BCUT2D eigenvalue weighted by Crippen LogP contribution is -2.37. The highest BCUT2D eigenvalue weighted by molar-refractivity contribution is 6.35. The van der Waals surface area contributed by atoms with Crippen LogP contribution in [-0.4, -0.2) is 30.1 Å². The van der Waals surface area contributed by atoms with Gasteiger partial charge in [0.1, 0.15) is 5.75 Å². The molecule has 1 aromatic carbocycles. The van der Waals surface area contributed by atoms with Crippen LogP contribution in [0.4, 0.5) is 0 Å². The number of methoxy groups -OCH3 is 1. The zero-order valence-electron chi connectivity index (χ0n) is 12.5. The molecule has 1 heterocycles. The highest BCUT2D eigenvalue weighted by Gasteiger charge is 2.12. The summed E-state index contributed by atoms with van der Waals surface area (Å²) in [7, 11) is 1.54. The quantitative estimate of drug-likeness (QED) is 0.486. The summed E-state index contributed by atoms with van der Waals surface area (Å²) in [5.74, 6) is -1.02. The summed E-state index contributed by atoms with van der Waals surface area (Å²) in [5, 5.41) is 6.20. The van der Waals surface area contributed by atoms with Crippen LogP contribution in [0.15, 0.2) is 53.8 Å². The summed E-state index contributed by atoms with van der Waals surface area (Å²) >= 11 is 0. The molecule has 0 spiro atoms. The molecule has 0 fully saturated rings. The van der Waals surface area contributed by atoms with Crippen molar-refractivity contribution < 1.29 is 14.3 Å². The Morgan fingerprint density at radius 1 is 1.17 bits per heavy atom. The number of amides is 2. The monoisotopic (exact) mass is 312 g/mol. The van der Waals surface area contributed by atoms with E-state index in [2.05, 4.69) is 20.8 Å². The third-order valence-corrected chi connectivity index (χ3v) is 2.87. The van der Waals surface area contributed by atoms with E-state index < -0.39 is 11.8 Å². The third-order valence-electron chi connectivity index (χ3n) is 2.87. The van der Waals surface area contributed by atoms with Crippen LogP contribution in [0.3, 0.4) is 0 Å². The smallest absolute Gasteiger partial charge is 0.329 e.